The second-order valence-corrected chi connectivity index (χ2v) is 2.99. The molecule has 0 fully saturated rings. The highest BCUT2D eigenvalue weighted by atomic mass is 16.4. The number of nitrogens with zero attached hydrogens (tertiary/aromatic N) is 1. The Balaban J connectivity index is 0.000000845. The number of carbonyl (C=O) groups is 1. The minimum Gasteiger partial charge on any atom is -0.479 e. The number of rotatable bonds is 1. The summed E-state index contributed by atoms with van der Waals surface area (Å²) in [5.41, 5.74) is 0.977. The maximum Gasteiger partial charge on any atom is 0.343 e. The van der Waals surface area contributed by atoms with Crippen LogP contribution in [0, 0.1) is 0 Å². The predicted octanol–water partition coefficient (Wildman–Crippen LogP) is -1.49. The van der Waals surface area contributed by atoms with Crippen LogP contribution in [0.3, 0.4) is 0 Å². The Morgan fingerprint density at radius 3 is 2.79 bits per heavy atom. The standard InChI is InChI=1S/C8H10N2O2.2H2O/c11-8(12)7-9-5-3-1-2-4-6(5)10-7;;/h1-2,5,7,9H,3-4H2,(H,11,12);2*1H2. The van der Waals surface area contributed by atoms with Crippen LogP contribution in [0.25, 0.3) is 0 Å². The first kappa shape index (κ1) is 12.8. The largest absolute Gasteiger partial charge is 0.479 e. The van der Waals surface area contributed by atoms with Gasteiger partial charge >= 0.3 is 5.97 Å². The molecule has 6 N–H and O–H groups in total. The Kier molecular flexibility index (Phi) is 4.42. The fourth-order valence-electron chi connectivity index (χ4n) is 1.54. The molecule has 0 bridgehead atoms. The summed E-state index contributed by atoms with van der Waals surface area (Å²) in [6, 6.07) is 0.163. The van der Waals surface area contributed by atoms with Crippen LogP contribution in [0.1, 0.15) is 12.8 Å². The van der Waals surface area contributed by atoms with Crippen molar-refractivity contribution in [3.8, 4) is 0 Å². The molecule has 0 radical (unpaired) electrons. The lowest BCUT2D eigenvalue weighted by molar-refractivity contribution is -0.139. The molecule has 1 aliphatic heterocycles. The van der Waals surface area contributed by atoms with E-state index in [4.69, 9.17) is 5.11 Å². The van der Waals surface area contributed by atoms with Crippen molar-refractivity contribution < 1.29 is 20.9 Å². The molecule has 80 valence electrons. The number of hydrogen-bond acceptors (Lipinski definition) is 3. The van der Waals surface area contributed by atoms with Gasteiger partial charge in [0.05, 0.1) is 6.04 Å². The number of aliphatic carboxylic acids is 1. The normalized spacial score (nSPS) is 28.1. The van der Waals surface area contributed by atoms with Crippen LogP contribution in [-0.4, -0.2) is 39.9 Å². The van der Waals surface area contributed by atoms with Crippen molar-refractivity contribution >= 4 is 11.7 Å². The first-order valence-electron chi connectivity index (χ1n) is 3.98. The minimum absolute atomic E-state index is 0. The first-order valence-corrected chi connectivity index (χ1v) is 3.98. The maximum atomic E-state index is 10.6. The number of carboxylic acids is 1. The first-order chi connectivity index (χ1) is 5.77. The van der Waals surface area contributed by atoms with Crippen molar-refractivity contribution in [1.29, 1.82) is 0 Å². The summed E-state index contributed by atoms with van der Waals surface area (Å²) < 4.78 is 0. The molecule has 0 amide bonds. The van der Waals surface area contributed by atoms with E-state index < -0.39 is 12.1 Å². The monoisotopic (exact) mass is 202 g/mol. The lowest BCUT2D eigenvalue weighted by Gasteiger charge is -2.14. The maximum absolute atomic E-state index is 10.6. The summed E-state index contributed by atoms with van der Waals surface area (Å²) in [6.07, 6.45) is 5.02. The molecule has 0 spiro atoms. The van der Waals surface area contributed by atoms with E-state index in [0.29, 0.717) is 0 Å². The van der Waals surface area contributed by atoms with Gasteiger partial charge in [0.2, 0.25) is 0 Å². The van der Waals surface area contributed by atoms with Gasteiger partial charge in [-0.05, 0) is 6.42 Å². The van der Waals surface area contributed by atoms with E-state index in [1.54, 1.807) is 0 Å². The molecule has 6 heteroatoms. The quantitative estimate of drug-likeness (QED) is 0.503. The van der Waals surface area contributed by atoms with Crippen molar-refractivity contribution in [3.63, 3.8) is 0 Å². The molecule has 2 unspecified atom stereocenters. The molecule has 0 aromatic carbocycles. The van der Waals surface area contributed by atoms with Gasteiger partial charge in [-0.3, -0.25) is 10.3 Å². The number of nitrogens with one attached hydrogen (secondary N) is 1. The van der Waals surface area contributed by atoms with Crippen LogP contribution in [0.4, 0.5) is 0 Å². The van der Waals surface area contributed by atoms with E-state index in [9.17, 15) is 4.79 Å². The number of carboxylic acid groups (broad SMARTS) is 1. The highest BCUT2D eigenvalue weighted by molar-refractivity contribution is 5.96. The Morgan fingerprint density at radius 2 is 2.21 bits per heavy atom. The molecular weight excluding hydrogens is 188 g/mol. The fraction of sp³-hybridized carbons (Fsp3) is 0.500. The molecule has 0 aromatic heterocycles. The van der Waals surface area contributed by atoms with Gasteiger partial charge in [-0.25, -0.2) is 4.79 Å². The van der Waals surface area contributed by atoms with Crippen molar-refractivity contribution in [3.05, 3.63) is 12.2 Å². The van der Waals surface area contributed by atoms with Crippen LogP contribution >= 0.6 is 0 Å². The summed E-state index contributed by atoms with van der Waals surface area (Å²) in [7, 11) is 0. The van der Waals surface area contributed by atoms with Crippen molar-refractivity contribution in [2.24, 2.45) is 4.99 Å². The molecule has 0 saturated carbocycles. The Labute approximate surface area is 81.0 Å². The smallest absolute Gasteiger partial charge is 0.343 e. The fourth-order valence-corrected chi connectivity index (χ4v) is 1.54. The molecule has 1 heterocycles. The molecule has 6 nitrogen and oxygen atoms in total. The highest BCUT2D eigenvalue weighted by Crippen LogP contribution is 2.15. The van der Waals surface area contributed by atoms with Gasteiger partial charge in [0.1, 0.15) is 0 Å². The molecule has 1 aliphatic carbocycles. The van der Waals surface area contributed by atoms with Gasteiger partial charge in [-0.2, -0.15) is 0 Å². The third kappa shape index (κ3) is 2.16. The highest BCUT2D eigenvalue weighted by Gasteiger charge is 2.30. The van der Waals surface area contributed by atoms with E-state index in [-0.39, 0.29) is 17.0 Å². The number of hydrogen-bond donors (Lipinski definition) is 2. The van der Waals surface area contributed by atoms with Crippen LogP contribution in [-0.2, 0) is 4.79 Å². The number of aliphatic imine (C=N–C) groups is 1. The van der Waals surface area contributed by atoms with E-state index in [2.05, 4.69) is 16.4 Å². The molecule has 2 aliphatic rings. The predicted molar refractivity (Wildman–Crippen MR) is 51.4 cm³/mol. The summed E-state index contributed by atoms with van der Waals surface area (Å²) in [5, 5.41) is 11.6. The topological polar surface area (TPSA) is 125 Å². The van der Waals surface area contributed by atoms with Crippen molar-refractivity contribution in [2.45, 2.75) is 25.0 Å². The van der Waals surface area contributed by atoms with Crippen LogP contribution in [0.5, 0.6) is 0 Å². The van der Waals surface area contributed by atoms with E-state index in [1.165, 1.54) is 0 Å². The molecule has 14 heavy (non-hydrogen) atoms. The van der Waals surface area contributed by atoms with Crippen LogP contribution in [0.15, 0.2) is 17.1 Å². The Hall–Kier alpha value is -1.24. The molecular formula is C8H14N2O4. The van der Waals surface area contributed by atoms with E-state index >= 15 is 0 Å². The summed E-state index contributed by atoms with van der Waals surface area (Å²) in [5.74, 6) is -0.892. The second-order valence-electron chi connectivity index (χ2n) is 2.99. The Morgan fingerprint density at radius 1 is 1.50 bits per heavy atom. The zero-order valence-electron chi connectivity index (χ0n) is 7.53. The second kappa shape index (κ2) is 4.85. The van der Waals surface area contributed by atoms with Crippen molar-refractivity contribution in [1.82, 2.24) is 5.32 Å². The SMILES string of the molecule is O.O.O=C(O)C1N=C2CC=CCC2N1. The van der Waals surface area contributed by atoms with E-state index in [0.717, 1.165) is 18.6 Å². The van der Waals surface area contributed by atoms with Gasteiger partial charge in [0.15, 0.2) is 6.17 Å². The summed E-state index contributed by atoms with van der Waals surface area (Å²) in [4.78, 5) is 14.6. The number of allylic oxidation sites excluding steroid dienone is 1. The lowest BCUT2D eigenvalue weighted by Crippen LogP contribution is -2.38. The molecule has 2 rings (SSSR count). The lowest BCUT2D eigenvalue weighted by atomic mass is 10.0. The van der Waals surface area contributed by atoms with Gasteiger partial charge in [-0.15, -0.1) is 0 Å². The third-order valence-corrected chi connectivity index (χ3v) is 2.16. The summed E-state index contributed by atoms with van der Waals surface area (Å²) >= 11 is 0. The van der Waals surface area contributed by atoms with Gasteiger partial charge in [0.25, 0.3) is 0 Å². The zero-order valence-corrected chi connectivity index (χ0v) is 7.53. The average Bonchev–Trinajstić information content (AvgIpc) is 2.46. The molecule has 0 saturated heterocycles. The average molecular weight is 202 g/mol. The minimum atomic E-state index is -0.892. The van der Waals surface area contributed by atoms with Crippen LogP contribution < -0.4 is 5.32 Å². The van der Waals surface area contributed by atoms with Gasteiger partial charge < -0.3 is 16.1 Å². The Bertz CT molecular complexity index is 275. The van der Waals surface area contributed by atoms with E-state index in [1.807, 2.05) is 6.08 Å². The molecule has 0 aromatic rings. The van der Waals surface area contributed by atoms with Crippen LogP contribution in [0.2, 0.25) is 0 Å². The van der Waals surface area contributed by atoms with Crippen molar-refractivity contribution in [2.75, 3.05) is 0 Å². The number of fused-ring (bicyclic) bond motifs is 1. The van der Waals surface area contributed by atoms with Gasteiger partial charge in [-0.1, -0.05) is 12.2 Å². The van der Waals surface area contributed by atoms with Gasteiger partial charge in [0, 0.05) is 12.1 Å². The third-order valence-electron chi connectivity index (χ3n) is 2.16. The zero-order chi connectivity index (χ0) is 8.55. The molecule has 2 atom stereocenters. The summed E-state index contributed by atoms with van der Waals surface area (Å²) in [6.45, 7) is 0.